The van der Waals surface area contributed by atoms with E-state index in [1.165, 1.54) is 4.31 Å². The molecule has 2 aromatic carbocycles. The van der Waals surface area contributed by atoms with Crippen molar-refractivity contribution in [3.05, 3.63) is 48.5 Å². The Bertz CT molecular complexity index is 1080. The molecule has 1 aliphatic rings. The second-order valence-electron chi connectivity index (χ2n) is 8.88. The number of nitrogens with one attached hydrogen (secondary N) is 1. The fraction of sp³-hybridized carbons (Fsp3) is 0.480. The first-order valence-corrected chi connectivity index (χ1v) is 13.1. The molecule has 186 valence electrons. The van der Waals surface area contributed by atoms with E-state index in [-0.39, 0.29) is 42.3 Å². The molecule has 1 aliphatic heterocycles. The predicted molar refractivity (Wildman–Crippen MR) is 132 cm³/mol. The number of benzene rings is 2. The number of hydrogen-bond acceptors (Lipinski definition) is 5. The van der Waals surface area contributed by atoms with Crippen LogP contribution in [0.4, 0.5) is 4.79 Å². The minimum absolute atomic E-state index is 0.0578. The first-order chi connectivity index (χ1) is 16.2. The molecule has 34 heavy (non-hydrogen) atoms. The first-order valence-electron chi connectivity index (χ1n) is 11.7. The third kappa shape index (κ3) is 5.71. The Labute approximate surface area is 202 Å². The van der Waals surface area contributed by atoms with Gasteiger partial charge in [0.2, 0.25) is 10.0 Å². The molecule has 2 amide bonds. The van der Waals surface area contributed by atoms with Crippen molar-refractivity contribution >= 4 is 16.1 Å². The summed E-state index contributed by atoms with van der Waals surface area (Å²) in [6.07, 6.45) is 0.378. The number of hydrogen-bond donors (Lipinski definition) is 2. The number of aliphatic hydroxyl groups excluding tert-OH is 1. The maximum Gasteiger partial charge on any atom is 0.317 e. The van der Waals surface area contributed by atoms with Crippen molar-refractivity contribution in [3.63, 3.8) is 0 Å². The number of urea groups is 1. The van der Waals surface area contributed by atoms with Gasteiger partial charge in [-0.2, -0.15) is 4.31 Å². The lowest BCUT2D eigenvalue weighted by molar-refractivity contribution is 0.0813. The number of rotatable bonds is 7. The molecule has 0 unspecified atom stereocenters. The molecule has 0 saturated heterocycles. The van der Waals surface area contributed by atoms with Crippen LogP contribution in [0.25, 0.3) is 11.1 Å². The van der Waals surface area contributed by atoms with E-state index in [0.717, 1.165) is 17.5 Å². The lowest BCUT2D eigenvalue weighted by Gasteiger charge is -2.37. The summed E-state index contributed by atoms with van der Waals surface area (Å²) in [4.78, 5) is 14.1. The van der Waals surface area contributed by atoms with E-state index < -0.39 is 22.2 Å². The fourth-order valence-electron chi connectivity index (χ4n) is 3.97. The van der Waals surface area contributed by atoms with Crippen molar-refractivity contribution in [1.82, 2.24) is 14.5 Å². The van der Waals surface area contributed by atoms with Crippen LogP contribution in [0, 0.1) is 5.92 Å². The number of carbonyl (C=O) groups is 1. The van der Waals surface area contributed by atoms with Crippen molar-refractivity contribution in [2.24, 2.45) is 5.92 Å². The minimum Gasteiger partial charge on any atom is -0.487 e. The zero-order chi connectivity index (χ0) is 24.9. The van der Waals surface area contributed by atoms with Gasteiger partial charge in [0.25, 0.3) is 0 Å². The van der Waals surface area contributed by atoms with E-state index >= 15 is 0 Å². The molecule has 0 bridgehead atoms. The highest BCUT2D eigenvalue weighted by Gasteiger charge is 2.38. The van der Waals surface area contributed by atoms with Gasteiger partial charge in [0.1, 0.15) is 16.7 Å². The zero-order valence-corrected chi connectivity index (χ0v) is 21.1. The summed E-state index contributed by atoms with van der Waals surface area (Å²) in [5, 5.41) is 12.6. The Morgan fingerprint density at radius 2 is 1.94 bits per heavy atom. The molecule has 2 N–H and O–H groups in total. The average Bonchev–Trinajstić information content (AvgIpc) is 2.84. The molecular formula is C25H35N3O5S. The second-order valence-corrected chi connectivity index (χ2v) is 10.7. The van der Waals surface area contributed by atoms with Gasteiger partial charge in [0.15, 0.2) is 0 Å². The summed E-state index contributed by atoms with van der Waals surface area (Å²) in [6.45, 7) is 6.30. The van der Waals surface area contributed by atoms with E-state index in [2.05, 4.69) is 5.32 Å². The van der Waals surface area contributed by atoms with Gasteiger partial charge in [-0.15, -0.1) is 0 Å². The summed E-state index contributed by atoms with van der Waals surface area (Å²) in [6, 6.07) is 13.9. The van der Waals surface area contributed by atoms with Gasteiger partial charge >= 0.3 is 6.03 Å². The van der Waals surface area contributed by atoms with E-state index in [0.29, 0.717) is 6.54 Å². The van der Waals surface area contributed by atoms with Crippen LogP contribution in [0.3, 0.4) is 0 Å². The molecule has 0 radical (unpaired) electrons. The van der Waals surface area contributed by atoms with E-state index in [1.54, 1.807) is 37.1 Å². The van der Waals surface area contributed by atoms with Gasteiger partial charge in [-0.3, -0.25) is 0 Å². The molecular weight excluding hydrogens is 454 g/mol. The molecule has 8 nitrogen and oxygen atoms in total. The number of carbonyl (C=O) groups excluding carboxylic acids is 1. The van der Waals surface area contributed by atoms with Crippen LogP contribution in [0.5, 0.6) is 5.75 Å². The molecule has 0 fully saturated rings. The molecule has 0 spiro atoms. The summed E-state index contributed by atoms with van der Waals surface area (Å²) >= 11 is 0. The molecule has 0 aromatic heterocycles. The van der Waals surface area contributed by atoms with Crippen molar-refractivity contribution in [1.29, 1.82) is 0 Å². The standard InChI is InChI=1S/C25H35N3O5S/c1-5-13-26-25(30)27(4)16-23-18(2)15-28(19(3)17-29)34(31,32)24-12-11-21(14-22(24)33-23)20-9-7-6-8-10-20/h6-12,14,18-19,23,29H,5,13,15-17H2,1-4H3,(H,26,30)/t18-,19-,23+/m0/s1. The minimum atomic E-state index is -3.91. The van der Waals surface area contributed by atoms with Gasteiger partial charge < -0.3 is 20.1 Å². The number of aliphatic hydroxyl groups is 1. The molecule has 9 heteroatoms. The summed E-state index contributed by atoms with van der Waals surface area (Å²) in [5.41, 5.74) is 1.77. The third-order valence-electron chi connectivity index (χ3n) is 6.10. The van der Waals surface area contributed by atoms with Gasteiger partial charge in [-0.05, 0) is 36.6 Å². The summed E-state index contributed by atoms with van der Waals surface area (Å²) < 4.78 is 34.9. The number of fused-ring (bicyclic) bond motifs is 1. The molecule has 0 saturated carbocycles. The molecule has 3 atom stereocenters. The van der Waals surface area contributed by atoms with E-state index in [9.17, 15) is 18.3 Å². The highest BCUT2D eigenvalue weighted by Crippen LogP contribution is 2.36. The van der Waals surface area contributed by atoms with Gasteiger partial charge in [0.05, 0.1) is 13.2 Å². The fourth-order valence-corrected chi connectivity index (χ4v) is 5.80. The van der Waals surface area contributed by atoms with Crippen LogP contribution in [-0.4, -0.2) is 74.2 Å². The predicted octanol–water partition coefficient (Wildman–Crippen LogP) is 3.17. The molecule has 0 aliphatic carbocycles. The van der Waals surface area contributed by atoms with Crippen LogP contribution in [0.1, 0.15) is 27.2 Å². The molecule has 1 heterocycles. The lowest BCUT2D eigenvalue weighted by atomic mass is 10.0. The number of ether oxygens (including phenoxy) is 1. The highest BCUT2D eigenvalue weighted by atomic mass is 32.2. The third-order valence-corrected chi connectivity index (χ3v) is 8.12. The largest absolute Gasteiger partial charge is 0.487 e. The zero-order valence-electron chi connectivity index (χ0n) is 20.3. The number of nitrogens with zero attached hydrogens (tertiary/aromatic N) is 2. The normalized spacial score (nSPS) is 20.9. The first kappa shape index (κ1) is 26.0. The molecule has 3 rings (SSSR count). The Kier molecular flexibility index (Phi) is 8.57. The highest BCUT2D eigenvalue weighted by molar-refractivity contribution is 7.89. The molecule has 2 aromatic rings. The SMILES string of the molecule is CCCNC(=O)N(C)C[C@H]1Oc2cc(-c3ccccc3)ccc2S(=O)(=O)N([C@@H](C)CO)C[C@@H]1C. The maximum absolute atomic E-state index is 13.6. The maximum atomic E-state index is 13.6. The van der Waals surface area contributed by atoms with Crippen molar-refractivity contribution < 1.29 is 23.1 Å². The Hall–Kier alpha value is -2.62. The summed E-state index contributed by atoms with van der Waals surface area (Å²) in [7, 11) is -2.21. The van der Waals surface area contributed by atoms with Crippen molar-refractivity contribution in [2.75, 3.05) is 33.3 Å². The topological polar surface area (TPSA) is 99.2 Å². The van der Waals surface area contributed by atoms with Gasteiger partial charge in [-0.1, -0.05) is 50.2 Å². The van der Waals surface area contributed by atoms with Crippen molar-refractivity contribution in [2.45, 2.75) is 44.2 Å². The van der Waals surface area contributed by atoms with Crippen LogP contribution < -0.4 is 10.1 Å². The summed E-state index contributed by atoms with van der Waals surface area (Å²) in [5.74, 6) is 0.00846. The monoisotopic (exact) mass is 489 g/mol. The van der Waals surface area contributed by atoms with Gasteiger partial charge in [-0.25, -0.2) is 13.2 Å². The van der Waals surface area contributed by atoms with Crippen molar-refractivity contribution in [3.8, 4) is 16.9 Å². The second kappa shape index (κ2) is 11.2. The Morgan fingerprint density at radius 1 is 1.24 bits per heavy atom. The lowest BCUT2D eigenvalue weighted by Crippen LogP contribution is -2.51. The average molecular weight is 490 g/mol. The number of likely N-dealkylation sites (N-methyl/N-ethyl adjacent to an activating group) is 1. The van der Waals surface area contributed by atoms with E-state index in [4.69, 9.17) is 4.74 Å². The smallest absolute Gasteiger partial charge is 0.317 e. The quantitative estimate of drug-likeness (QED) is 0.622. The van der Waals surface area contributed by atoms with Crippen LogP contribution >= 0.6 is 0 Å². The Morgan fingerprint density at radius 3 is 2.59 bits per heavy atom. The van der Waals surface area contributed by atoms with Gasteiger partial charge in [0, 0.05) is 32.1 Å². The van der Waals surface area contributed by atoms with Crippen LogP contribution in [0.2, 0.25) is 0 Å². The number of sulfonamides is 1. The van der Waals surface area contributed by atoms with Crippen LogP contribution in [0.15, 0.2) is 53.4 Å². The number of amides is 2. The Balaban J connectivity index is 2.04. The van der Waals surface area contributed by atoms with E-state index in [1.807, 2.05) is 44.2 Å². The van der Waals surface area contributed by atoms with Crippen LogP contribution in [-0.2, 0) is 10.0 Å².